The van der Waals surface area contributed by atoms with Crippen LogP contribution in [0.2, 0.25) is 13.1 Å². The fraction of sp³-hybridized carbons (Fsp3) is 0.0741. The molecule has 0 bridgehead atoms. The Morgan fingerprint density at radius 1 is 0.552 bits per heavy atom. The number of rotatable bonds is 5. The van der Waals surface area contributed by atoms with Crippen LogP contribution in [-0.2, 0) is 0 Å². The minimum atomic E-state index is -2.11. The van der Waals surface area contributed by atoms with Crippen molar-refractivity contribution < 1.29 is 0 Å². The molecule has 4 rings (SSSR count). The van der Waals surface area contributed by atoms with Gasteiger partial charge >= 0.3 is 0 Å². The quantitative estimate of drug-likeness (QED) is 0.292. The molecule has 4 aromatic rings. The molecule has 3 aromatic carbocycles. The Balaban J connectivity index is 2.10. The molecule has 0 aliphatic carbocycles. The molecule has 0 N–H and O–H groups in total. The van der Waals surface area contributed by atoms with Crippen LogP contribution in [-0.4, -0.2) is 13.1 Å². The van der Waals surface area contributed by atoms with Crippen molar-refractivity contribution >= 4 is 24.2 Å². The first-order valence-electron chi connectivity index (χ1n) is 10.0. The van der Waals surface area contributed by atoms with E-state index in [1.807, 2.05) is 12.3 Å². The van der Waals surface area contributed by atoms with Gasteiger partial charge in [0.15, 0.2) is 0 Å². The first-order valence-corrected chi connectivity index (χ1v) is 13.0. The molecule has 0 fully saturated rings. The Labute approximate surface area is 174 Å². The molecule has 0 saturated carbocycles. The van der Waals surface area contributed by atoms with Gasteiger partial charge < -0.3 is 0 Å². The van der Waals surface area contributed by atoms with Gasteiger partial charge in [0.2, 0.25) is 0 Å². The van der Waals surface area contributed by atoms with Crippen molar-refractivity contribution in [2.75, 3.05) is 0 Å². The minimum absolute atomic E-state index is 1.20. The fourth-order valence-electron chi connectivity index (χ4n) is 3.95. The van der Waals surface area contributed by atoms with Crippen molar-refractivity contribution in [1.29, 1.82) is 0 Å². The molecule has 0 spiro atoms. The third kappa shape index (κ3) is 3.98. The van der Waals surface area contributed by atoms with Crippen LogP contribution in [0.15, 0.2) is 115 Å². The van der Waals surface area contributed by atoms with Gasteiger partial charge in [-0.15, -0.1) is 0 Å². The molecule has 0 saturated heterocycles. The van der Waals surface area contributed by atoms with Crippen molar-refractivity contribution in [2.45, 2.75) is 13.1 Å². The molecule has 0 unspecified atom stereocenters. The van der Waals surface area contributed by atoms with Crippen LogP contribution in [0.5, 0.6) is 0 Å². The SMILES string of the molecule is C[Si](C)(C(=C(c1ccccc1)c1ccccc1)c1ccccc1)c1ccccn1. The first kappa shape index (κ1) is 19.1. The molecule has 29 heavy (non-hydrogen) atoms. The maximum Gasteiger partial charge on any atom is 0.137 e. The molecule has 142 valence electrons. The minimum Gasteiger partial charge on any atom is -0.266 e. The lowest BCUT2D eigenvalue weighted by molar-refractivity contribution is 1.37. The number of benzene rings is 3. The van der Waals surface area contributed by atoms with E-state index in [-0.39, 0.29) is 0 Å². The molecule has 0 atom stereocenters. The summed E-state index contributed by atoms with van der Waals surface area (Å²) in [6.45, 7) is 4.81. The number of pyridine rings is 1. The summed E-state index contributed by atoms with van der Waals surface area (Å²) in [5.74, 6) is 0. The van der Waals surface area contributed by atoms with Crippen LogP contribution in [0.25, 0.3) is 10.8 Å². The second-order valence-corrected chi connectivity index (χ2v) is 12.0. The molecule has 1 heterocycles. The topological polar surface area (TPSA) is 12.9 Å². The average molecular weight is 392 g/mol. The van der Waals surface area contributed by atoms with Crippen LogP contribution in [0.1, 0.15) is 16.7 Å². The molecular formula is C27H25NSi. The maximum absolute atomic E-state index is 4.79. The maximum atomic E-state index is 4.79. The van der Waals surface area contributed by atoms with Crippen molar-refractivity contribution in [3.63, 3.8) is 0 Å². The summed E-state index contributed by atoms with van der Waals surface area (Å²) in [6, 6.07) is 38.6. The van der Waals surface area contributed by atoms with E-state index in [1.165, 1.54) is 32.8 Å². The molecule has 2 heteroatoms. The highest BCUT2D eigenvalue weighted by Gasteiger charge is 2.34. The third-order valence-corrected chi connectivity index (χ3v) is 8.73. The highest BCUT2D eigenvalue weighted by atomic mass is 28.3. The lowest BCUT2D eigenvalue weighted by Crippen LogP contribution is -2.45. The second kappa shape index (κ2) is 8.42. The molecule has 0 aliphatic rings. The van der Waals surface area contributed by atoms with Crippen molar-refractivity contribution in [1.82, 2.24) is 4.98 Å². The smallest absolute Gasteiger partial charge is 0.137 e. The molecule has 1 aromatic heterocycles. The monoisotopic (exact) mass is 391 g/mol. The Morgan fingerprint density at radius 2 is 1.00 bits per heavy atom. The molecule has 0 radical (unpaired) electrons. The lowest BCUT2D eigenvalue weighted by atomic mass is 9.95. The van der Waals surface area contributed by atoms with Crippen molar-refractivity contribution in [3.05, 3.63) is 132 Å². The number of hydrogen-bond donors (Lipinski definition) is 0. The van der Waals surface area contributed by atoms with Gasteiger partial charge in [0, 0.05) is 11.5 Å². The van der Waals surface area contributed by atoms with Crippen LogP contribution >= 0.6 is 0 Å². The van der Waals surface area contributed by atoms with Gasteiger partial charge in [-0.25, -0.2) is 0 Å². The fourth-order valence-corrected chi connectivity index (χ4v) is 6.92. The zero-order chi connectivity index (χ0) is 20.1. The zero-order valence-corrected chi connectivity index (χ0v) is 17.9. The number of hydrogen-bond acceptors (Lipinski definition) is 1. The van der Waals surface area contributed by atoms with E-state index in [9.17, 15) is 0 Å². The van der Waals surface area contributed by atoms with Gasteiger partial charge in [-0.1, -0.05) is 110 Å². The molecule has 0 aliphatic heterocycles. The van der Waals surface area contributed by atoms with E-state index in [1.54, 1.807) is 0 Å². The average Bonchev–Trinajstić information content (AvgIpc) is 2.79. The first-order chi connectivity index (χ1) is 14.2. The molecule has 0 amide bonds. The Bertz CT molecular complexity index is 1040. The van der Waals surface area contributed by atoms with E-state index >= 15 is 0 Å². The summed E-state index contributed by atoms with van der Waals surface area (Å²) in [5, 5.41) is 2.61. The highest BCUT2D eigenvalue weighted by Crippen LogP contribution is 2.37. The van der Waals surface area contributed by atoms with Crippen molar-refractivity contribution in [3.8, 4) is 0 Å². The summed E-state index contributed by atoms with van der Waals surface area (Å²) in [5.41, 5.74) is 5.07. The van der Waals surface area contributed by atoms with Crippen LogP contribution in [0, 0.1) is 0 Å². The largest absolute Gasteiger partial charge is 0.266 e. The second-order valence-electron chi connectivity index (χ2n) is 7.69. The van der Waals surface area contributed by atoms with Gasteiger partial charge in [-0.3, -0.25) is 4.98 Å². The summed E-state index contributed by atoms with van der Waals surface area (Å²) < 4.78 is 0. The van der Waals surface area contributed by atoms with Crippen LogP contribution in [0.4, 0.5) is 0 Å². The molecular weight excluding hydrogens is 366 g/mol. The zero-order valence-electron chi connectivity index (χ0n) is 16.9. The lowest BCUT2D eigenvalue weighted by Gasteiger charge is -2.30. The Kier molecular flexibility index (Phi) is 5.54. The Hall–Kier alpha value is -3.23. The highest BCUT2D eigenvalue weighted by molar-refractivity contribution is 7.05. The van der Waals surface area contributed by atoms with E-state index < -0.39 is 8.07 Å². The third-order valence-electron chi connectivity index (χ3n) is 5.37. The van der Waals surface area contributed by atoms with E-state index in [4.69, 9.17) is 4.98 Å². The van der Waals surface area contributed by atoms with E-state index in [0.717, 1.165) is 0 Å². The van der Waals surface area contributed by atoms with Gasteiger partial charge in [-0.05, 0) is 39.6 Å². The van der Waals surface area contributed by atoms with E-state index in [2.05, 4.69) is 116 Å². The Morgan fingerprint density at radius 3 is 1.45 bits per heavy atom. The summed E-state index contributed by atoms with van der Waals surface area (Å²) in [6.07, 6.45) is 1.91. The summed E-state index contributed by atoms with van der Waals surface area (Å²) in [7, 11) is -2.11. The standard InChI is InChI=1S/C27H25NSi/c1-29(2,25-20-12-13-21-28-25)27(24-18-10-5-11-19-24)26(22-14-6-3-7-15-22)23-16-8-4-9-17-23/h3-21H,1-2H3. The summed E-state index contributed by atoms with van der Waals surface area (Å²) >= 11 is 0. The molecule has 1 nitrogen and oxygen atoms in total. The summed E-state index contributed by atoms with van der Waals surface area (Å²) in [4.78, 5) is 4.79. The number of aromatic nitrogens is 1. The van der Waals surface area contributed by atoms with Gasteiger partial charge in [0.1, 0.15) is 8.07 Å². The predicted molar refractivity (Wildman–Crippen MR) is 127 cm³/mol. The number of nitrogens with zero attached hydrogens (tertiary/aromatic N) is 1. The predicted octanol–water partition coefficient (Wildman–Crippen LogP) is 6.20. The van der Waals surface area contributed by atoms with Gasteiger partial charge in [0.05, 0.1) is 0 Å². The van der Waals surface area contributed by atoms with Gasteiger partial charge in [-0.2, -0.15) is 0 Å². The van der Waals surface area contributed by atoms with Crippen LogP contribution < -0.4 is 5.32 Å². The van der Waals surface area contributed by atoms with Gasteiger partial charge in [0.25, 0.3) is 0 Å². The van der Waals surface area contributed by atoms with Crippen LogP contribution in [0.3, 0.4) is 0 Å². The van der Waals surface area contributed by atoms with E-state index in [0.29, 0.717) is 0 Å². The normalized spacial score (nSPS) is 11.1. The van der Waals surface area contributed by atoms with Crippen molar-refractivity contribution in [2.24, 2.45) is 0 Å².